The zero-order valence-electron chi connectivity index (χ0n) is 10.1. The maximum Gasteiger partial charge on any atom is 0.119 e. The molecule has 3 nitrogen and oxygen atoms in total. The lowest BCUT2D eigenvalue weighted by molar-refractivity contribution is 0.252. The van der Waals surface area contributed by atoms with Gasteiger partial charge in [-0.1, -0.05) is 6.07 Å². The Morgan fingerprint density at radius 1 is 1.22 bits per heavy atom. The van der Waals surface area contributed by atoms with Crippen molar-refractivity contribution in [2.24, 2.45) is 11.7 Å². The summed E-state index contributed by atoms with van der Waals surface area (Å²) in [5.74, 6) is 1.33. The first-order valence-electron chi connectivity index (χ1n) is 5.92. The van der Waals surface area contributed by atoms with Crippen molar-refractivity contribution in [2.45, 2.75) is 6.42 Å². The first-order chi connectivity index (χ1) is 8.78. The lowest BCUT2D eigenvalue weighted by Gasteiger charge is -2.15. The standard InChI is InChI=1S/C14H17NO2S/c15-9-11(8-14-2-1-7-18-14)10-17-13-5-3-12(16)4-6-13/h1-7,11,16H,8-10,15H2. The van der Waals surface area contributed by atoms with Crippen LogP contribution in [0.15, 0.2) is 41.8 Å². The molecule has 0 saturated carbocycles. The highest BCUT2D eigenvalue weighted by molar-refractivity contribution is 7.09. The fourth-order valence-corrected chi connectivity index (χ4v) is 2.50. The molecule has 0 radical (unpaired) electrons. The molecule has 0 amide bonds. The Balaban J connectivity index is 1.85. The number of hydrogen-bond donors (Lipinski definition) is 2. The van der Waals surface area contributed by atoms with Crippen LogP contribution in [-0.2, 0) is 6.42 Å². The maximum absolute atomic E-state index is 9.18. The van der Waals surface area contributed by atoms with Gasteiger partial charge in [-0.2, -0.15) is 0 Å². The molecule has 0 spiro atoms. The molecule has 1 aromatic heterocycles. The summed E-state index contributed by atoms with van der Waals surface area (Å²) < 4.78 is 5.68. The second kappa shape index (κ2) is 6.42. The monoisotopic (exact) mass is 263 g/mol. The molecule has 0 aliphatic carbocycles. The number of phenols is 1. The summed E-state index contributed by atoms with van der Waals surface area (Å²) in [4.78, 5) is 1.33. The summed E-state index contributed by atoms with van der Waals surface area (Å²) in [7, 11) is 0. The van der Waals surface area contributed by atoms with Crippen LogP contribution in [-0.4, -0.2) is 18.3 Å². The number of benzene rings is 1. The Hall–Kier alpha value is -1.52. The van der Waals surface area contributed by atoms with Crippen LogP contribution in [0.4, 0.5) is 0 Å². The predicted molar refractivity (Wildman–Crippen MR) is 74.2 cm³/mol. The zero-order valence-corrected chi connectivity index (χ0v) is 10.9. The van der Waals surface area contributed by atoms with Gasteiger partial charge in [0.1, 0.15) is 11.5 Å². The van der Waals surface area contributed by atoms with E-state index in [1.165, 1.54) is 4.88 Å². The van der Waals surface area contributed by atoms with E-state index in [4.69, 9.17) is 10.5 Å². The smallest absolute Gasteiger partial charge is 0.119 e. The fourth-order valence-electron chi connectivity index (χ4n) is 1.68. The van der Waals surface area contributed by atoms with Gasteiger partial charge >= 0.3 is 0 Å². The summed E-state index contributed by atoms with van der Waals surface area (Å²) in [6.07, 6.45) is 0.951. The van der Waals surface area contributed by atoms with Crippen LogP contribution in [0, 0.1) is 5.92 Å². The van der Waals surface area contributed by atoms with E-state index < -0.39 is 0 Å². The largest absolute Gasteiger partial charge is 0.508 e. The minimum absolute atomic E-state index is 0.247. The van der Waals surface area contributed by atoms with Crippen molar-refractivity contribution < 1.29 is 9.84 Å². The van der Waals surface area contributed by atoms with Gasteiger partial charge in [-0.25, -0.2) is 0 Å². The quantitative estimate of drug-likeness (QED) is 0.842. The van der Waals surface area contributed by atoms with E-state index in [1.54, 1.807) is 35.6 Å². The summed E-state index contributed by atoms with van der Waals surface area (Å²) in [5, 5.41) is 11.3. The van der Waals surface area contributed by atoms with E-state index in [2.05, 4.69) is 17.5 Å². The first kappa shape index (κ1) is 12.9. The van der Waals surface area contributed by atoms with E-state index in [1.807, 2.05) is 0 Å². The predicted octanol–water partition coefficient (Wildman–Crippen LogP) is 2.65. The Bertz CT molecular complexity index is 453. The van der Waals surface area contributed by atoms with E-state index in [0.717, 1.165) is 12.2 Å². The molecule has 1 unspecified atom stereocenters. The van der Waals surface area contributed by atoms with Gasteiger partial charge in [0.05, 0.1) is 6.61 Å². The van der Waals surface area contributed by atoms with E-state index in [-0.39, 0.29) is 5.75 Å². The van der Waals surface area contributed by atoms with Crippen LogP contribution >= 0.6 is 11.3 Å². The molecule has 2 aromatic rings. The number of phenolic OH excluding ortho intramolecular Hbond substituents is 1. The van der Waals surface area contributed by atoms with Gasteiger partial charge < -0.3 is 15.6 Å². The maximum atomic E-state index is 9.18. The molecule has 18 heavy (non-hydrogen) atoms. The number of ether oxygens (including phenoxy) is 1. The number of thiophene rings is 1. The third kappa shape index (κ3) is 3.75. The van der Waals surface area contributed by atoms with Gasteiger partial charge in [0.25, 0.3) is 0 Å². The topological polar surface area (TPSA) is 55.5 Å². The molecule has 4 heteroatoms. The summed E-state index contributed by atoms with van der Waals surface area (Å²) in [6.45, 7) is 1.20. The molecule has 0 aliphatic rings. The molecule has 1 heterocycles. The fraction of sp³-hybridized carbons (Fsp3) is 0.286. The third-order valence-electron chi connectivity index (χ3n) is 2.73. The second-order valence-corrected chi connectivity index (χ2v) is 5.22. The Morgan fingerprint density at radius 2 is 2.00 bits per heavy atom. The van der Waals surface area contributed by atoms with E-state index in [0.29, 0.717) is 19.1 Å². The van der Waals surface area contributed by atoms with E-state index in [9.17, 15) is 5.11 Å². The number of rotatable bonds is 6. The van der Waals surface area contributed by atoms with Crippen LogP contribution in [0.3, 0.4) is 0 Å². The van der Waals surface area contributed by atoms with Crippen molar-refractivity contribution >= 4 is 11.3 Å². The molecule has 1 aromatic carbocycles. The highest BCUT2D eigenvalue weighted by Crippen LogP contribution is 2.18. The SMILES string of the molecule is NCC(COc1ccc(O)cc1)Cc1cccs1. The molecular formula is C14H17NO2S. The molecule has 0 saturated heterocycles. The van der Waals surface area contributed by atoms with Gasteiger partial charge in [-0.3, -0.25) is 0 Å². The number of hydrogen-bond acceptors (Lipinski definition) is 4. The highest BCUT2D eigenvalue weighted by atomic mass is 32.1. The van der Waals surface area contributed by atoms with Crippen LogP contribution < -0.4 is 10.5 Å². The first-order valence-corrected chi connectivity index (χ1v) is 6.80. The molecule has 0 bridgehead atoms. The van der Waals surface area contributed by atoms with Gasteiger partial charge in [0.2, 0.25) is 0 Å². The van der Waals surface area contributed by atoms with Gasteiger partial charge in [0, 0.05) is 10.8 Å². The van der Waals surface area contributed by atoms with Crippen molar-refractivity contribution in [3.05, 3.63) is 46.7 Å². The number of nitrogens with two attached hydrogens (primary N) is 1. The minimum Gasteiger partial charge on any atom is -0.508 e. The molecule has 2 rings (SSSR count). The van der Waals surface area contributed by atoms with Gasteiger partial charge in [0.15, 0.2) is 0 Å². The summed E-state index contributed by atoms with van der Waals surface area (Å²) in [5.41, 5.74) is 5.76. The highest BCUT2D eigenvalue weighted by Gasteiger charge is 2.09. The van der Waals surface area contributed by atoms with Crippen molar-refractivity contribution in [1.29, 1.82) is 0 Å². The summed E-state index contributed by atoms with van der Waals surface area (Å²) >= 11 is 1.75. The minimum atomic E-state index is 0.247. The van der Waals surface area contributed by atoms with Crippen molar-refractivity contribution in [1.82, 2.24) is 0 Å². The van der Waals surface area contributed by atoms with Gasteiger partial charge in [-0.05, 0) is 48.7 Å². The Kier molecular flexibility index (Phi) is 4.61. The molecule has 1 atom stereocenters. The normalized spacial score (nSPS) is 12.3. The molecule has 0 fully saturated rings. The van der Waals surface area contributed by atoms with Crippen LogP contribution in [0.1, 0.15) is 4.88 Å². The van der Waals surface area contributed by atoms with Crippen molar-refractivity contribution in [2.75, 3.05) is 13.2 Å². The lowest BCUT2D eigenvalue weighted by atomic mass is 10.1. The van der Waals surface area contributed by atoms with Crippen LogP contribution in [0.2, 0.25) is 0 Å². The zero-order chi connectivity index (χ0) is 12.8. The van der Waals surface area contributed by atoms with Crippen molar-refractivity contribution in [3.8, 4) is 11.5 Å². The average Bonchev–Trinajstić information content (AvgIpc) is 2.89. The molecule has 3 N–H and O–H groups in total. The molecule has 96 valence electrons. The molecule has 0 aliphatic heterocycles. The van der Waals surface area contributed by atoms with Crippen molar-refractivity contribution in [3.63, 3.8) is 0 Å². The summed E-state index contributed by atoms with van der Waals surface area (Å²) in [6, 6.07) is 10.9. The van der Waals surface area contributed by atoms with Gasteiger partial charge in [-0.15, -0.1) is 11.3 Å². The number of aromatic hydroxyl groups is 1. The second-order valence-electron chi connectivity index (χ2n) is 4.19. The molecular weight excluding hydrogens is 246 g/mol. The average molecular weight is 263 g/mol. The third-order valence-corrected chi connectivity index (χ3v) is 3.62. The van der Waals surface area contributed by atoms with Crippen LogP contribution in [0.5, 0.6) is 11.5 Å². The lowest BCUT2D eigenvalue weighted by Crippen LogP contribution is -2.23. The Morgan fingerprint density at radius 3 is 2.61 bits per heavy atom. The van der Waals surface area contributed by atoms with E-state index >= 15 is 0 Å². The van der Waals surface area contributed by atoms with Crippen LogP contribution in [0.25, 0.3) is 0 Å². The Labute approximate surface area is 111 Å².